The van der Waals surface area contributed by atoms with Gasteiger partial charge in [0.25, 0.3) is 0 Å². The van der Waals surface area contributed by atoms with Crippen LogP contribution in [0.2, 0.25) is 0 Å². The first-order valence-corrected chi connectivity index (χ1v) is 9.05. The van der Waals surface area contributed by atoms with Gasteiger partial charge in [-0.1, -0.05) is 12.1 Å². The van der Waals surface area contributed by atoms with Crippen LogP contribution in [0, 0.1) is 5.92 Å². The van der Waals surface area contributed by atoms with Crippen LogP contribution in [0.15, 0.2) is 36.4 Å². The zero-order valence-electron chi connectivity index (χ0n) is 14.7. The Balaban J connectivity index is 1.54. The molecule has 1 aliphatic carbocycles. The van der Waals surface area contributed by atoms with Crippen LogP contribution in [-0.2, 0) is 11.2 Å². The molecule has 0 bridgehead atoms. The van der Waals surface area contributed by atoms with Gasteiger partial charge >= 0.3 is 0 Å². The normalized spacial score (nSPS) is 16.4. The number of benzene rings is 1. The monoisotopic (exact) mass is 348 g/mol. The van der Waals surface area contributed by atoms with Crippen LogP contribution < -0.4 is 9.64 Å². The molecule has 1 aromatic carbocycles. The highest BCUT2D eigenvalue weighted by Crippen LogP contribution is 2.35. The van der Waals surface area contributed by atoms with E-state index in [1.807, 2.05) is 22.7 Å². The number of ether oxygens (including phenoxy) is 1. The highest BCUT2D eigenvalue weighted by Gasteiger charge is 2.30. The van der Waals surface area contributed by atoms with E-state index in [-0.39, 0.29) is 11.7 Å². The number of hydrogen-bond donors (Lipinski definition) is 0. The van der Waals surface area contributed by atoms with Gasteiger partial charge in [0, 0.05) is 18.5 Å². The van der Waals surface area contributed by atoms with Gasteiger partial charge in [-0.2, -0.15) is 5.10 Å². The zero-order chi connectivity index (χ0) is 17.7. The minimum atomic E-state index is 0.232. The number of carbonyl (C=O) groups excluding carboxylic acids is 1. The quantitative estimate of drug-likeness (QED) is 0.726. The second kappa shape index (κ2) is 5.83. The van der Waals surface area contributed by atoms with Crippen molar-refractivity contribution in [3.05, 3.63) is 42.2 Å². The topological polar surface area (TPSA) is 59.7 Å². The molecule has 6 heteroatoms. The molecule has 6 nitrogen and oxygen atoms in total. The van der Waals surface area contributed by atoms with Crippen LogP contribution >= 0.6 is 0 Å². The summed E-state index contributed by atoms with van der Waals surface area (Å²) in [5.41, 5.74) is 3.83. The molecule has 0 saturated heterocycles. The van der Waals surface area contributed by atoms with Crippen molar-refractivity contribution < 1.29 is 9.53 Å². The Morgan fingerprint density at radius 2 is 2.15 bits per heavy atom. The third kappa shape index (κ3) is 2.62. The number of carbonyl (C=O) groups is 1. The Bertz CT molecular complexity index is 1010. The minimum Gasteiger partial charge on any atom is -0.490 e. The van der Waals surface area contributed by atoms with E-state index >= 15 is 0 Å². The second-order valence-electron chi connectivity index (χ2n) is 7.08. The Morgan fingerprint density at radius 3 is 3.00 bits per heavy atom. The Kier molecular flexibility index (Phi) is 3.45. The number of hydrogen-bond acceptors (Lipinski definition) is 5. The fourth-order valence-electron chi connectivity index (χ4n) is 3.47. The Hall–Kier alpha value is -2.89. The maximum Gasteiger partial charge on any atom is 0.159 e. The van der Waals surface area contributed by atoms with Crippen molar-refractivity contribution in [3.63, 3.8) is 0 Å². The van der Waals surface area contributed by atoms with Gasteiger partial charge in [-0.05, 0) is 37.1 Å². The number of aromatic nitrogens is 3. The predicted octanol–water partition coefficient (Wildman–Crippen LogP) is 2.75. The fraction of sp³-hybridized carbons (Fsp3) is 0.350. The number of anilines is 1. The van der Waals surface area contributed by atoms with Crippen LogP contribution in [0.3, 0.4) is 0 Å². The summed E-state index contributed by atoms with van der Waals surface area (Å²) in [6, 6.07) is 12.1. The summed E-state index contributed by atoms with van der Waals surface area (Å²) in [6.07, 6.45) is 2.35. The van der Waals surface area contributed by atoms with Gasteiger partial charge in [0.05, 0.1) is 24.3 Å². The van der Waals surface area contributed by atoms with Gasteiger partial charge < -0.3 is 9.64 Å². The molecule has 0 radical (unpaired) electrons. The third-order valence-electron chi connectivity index (χ3n) is 5.12. The number of rotatable bonds is 4. The molecule has 26 heavy (non-hydrogen) atoms. The SMILES string of the molecule is CN1CCOc2cc(-c3cccc4nc(CC(=O)C5CC5)nn34)ccc21. The zero-order valence-corrected chi connectivity index (χ0v) is 14.7. The van der Waals surface area contributed by atoms with Crippen molar-refractivity contribution in [2.75, 3.05) is 25.1 Å². The van der Waals surface area contributed by atoms with E-state index in [0.29, 0.717) is 18.9 Å². The van der Waals surface area contributed by atoms with Gasteiger partial charge in [-0.25, -0.2) is 9.50 Å². The molecule has 0 atom stereocenters. The lowest BCUT2D eigenvalue weighted by Crippen LogP contribution is -2.28. The van der Waals surface area contributed by atoms with Crippen molar-refractivity contribution in [3.8, 4) is 17.0 Å². The average molecular weight is 348 g/mol. The molecule has 1 aliphatic heterocycles. The first kappa shape index (κ1) is 15.4. The van der Waals surface area contributed by atoms with Crippen molar-refractivity contribution in [1.29, 1.82) is 0 Å². The molecule has 0 amide bonds. The van der Waals surface area contributed by atoms with Crippen molar-refractivity contribution in [1.82, 2.24) is 14.6 Å². The minimum absolute atomic E-state index is 0.232. The Labute approximate surface area is 151 Å². The second-order valence-corrected chi connectivity index (χ2v) is 7.08. The van der Waals surface area contributed by atoms with Crippen LogP contribution in [-0.4, -0.2) is 40.6 Å². The first-order valence-electron chi connectivity index (χ1n) is 9.05. The molecule has 132 valence electrons. The van der Waals surface area contributed by atoms with E-state index in [4.69, 9.17) is 4.74 Å². The van der Waals surface area contributed by atoms with E-state index in [9.17, 15) is 4.79 Å². The van der Waals surface area contributed by atoms with Crippen LogP contribution in [0.25, 0.3) is 16.9 Å². The summed E-state index contributed by atoms with van der Waals surface area (Å²) in [6.45, 7) is 1.58. The maximum atomic E-state index is 12.1. The lowest BCUT2D eigenvalue weighted by Gasteiger charge is -2.28. The molecule has 1 fully saturated rings. The lowest BCUT2D eigenvalue weighted by molar-refractivity contribution is -0.119. The first-order chi connectivity index (χ1) is 12.7. The summed E-state index contributed by atoms with van der Waals surface area (Å²) >= 11 is 0. The van der Waals surface area contributed by atoms with E-state index in [1.165, 1.54) is 0 Å². The van der Waals surface area contributed by atoms with Gasteiger partial charge in [-0.15, -0.1) is 0 Å². The standard InChI is InChI=1S/C20H20N4O2/c1-23-9-10-26-18-11-14(7-8-16(18)23)15-3-2-4-20-21-19(22-24(15)20)12-17(25)13-5-6-13/h2-4,7-8,11,13H,5-6,9-10,12H2,1H3. The predicted molar refractivity (Wildman–Crippen MR) is 98.6 cm³/mol. The maximum absolute atomic E-state index is 12.1. The van der Waals surface area contributed by atoms with E-state index in [1.54, 1.807) is 0 Å². The molecule has 2 aliphatic rings. The molecule has 2 aromatic heterocycles. The average Bonchev–Trinajstić information content (AvgIpc) is 3.41. The van der Waals surface area contributed by atoms with Crippen LogP contribution in [0.1, 0.15) is 18.7 Å². The van der Waals surface area contributed by atoms with Gasteiger partial charge in [-0.3, -0.25) is 4.79 Å². The van der Waals surface area contributed by atoms with E-state index < -0.39 is 0 Å². The van der Waals surface area contributed by atoms with Crippen molar-refractivity contribution >= 4 is 17.1 Å². The molecular weight excluding hydrogens is 328 g/mol. The number of ketones is 1. The number of fused-ring (bicyclic) bond motifs is 2. The smallest absolute Gasteiger partial charge is 0.159 e. The molecule has 5 rings (SSSR count). The van der Waals surface area contributed by atoms with Gasteiger partial charge in [0.2, 0.25) is 0 Å². The molecule has 3 aromatic rings. The summed E-state index contributed by atoms with van der Waals surface area (Å²) in [7, 11) is 2.07. The summed E-state index contributed by atoms with van der Waals surface area (Å²) in [5, 5.41) is 4.60. The molecule has 0 unspecified atom stereocenters. The molecule has 0 N–H and O–H groups in total. The molecule has 3 heterocycles. The van der Waals surface area contributed by atoms with Crippen molar-refractivity contribution in [2.24, 2.45) is 5.92 Å². The number of Topliss-reactive ketones (excluding diaryl/α,β-unsaturated/α-hetero) is 1. The highest BCUT2D eigenvalue weighted by molar-refractivity contribution is 5.84. The number of nitrogens with zero attached hydrogens (tertiary/aromatic N) is 4. The molecule has 1 saturated carbocycles. The lowest BCUT2D eigenvalue weighted by atomic mass is 10.1. The number of likely N-dealkylation sites (N-methyl/N-ethyl adjacent to an activating group) is 1. The van der Waals surface area contributed by atoms with Crippen LogP contribution in [0.5, 0.6) is 5.75 Å². The third-order valence-corrected chi connectivity index (χ3v) is 5.12. The van der Waals surface area contributed by atoms with Crippen molar-refractivity contribution in [2.45, 2.75) is 19.3 Å². The summed E-state index contributed by atoms with van der Waals surface area (Å²) in [5.74, 6) is 1.98. The fourth-order valence-corrected chi connectivity index (χ4v) is 3.47. The van der Waals surface area contributed by atoms with E-state index in [2.05, 4.69) is 40.2 Å². The van der Waals surface area contributed by atoms with Gasteiger partial charge in [0.1, 0.15) is 18.1 Å². The number of pyridine rings is 1. The van der Waals surface area contributed by atoms with Gasteiger partial charge in [0.15, 0.2) is 11.5 Å². The Morgan fingerprint density at radius 1 is 1.27 bits per heavy atom. The highest BCUT2D eigenvalue weighted by atomic mass is 16.5. The molecular formula is C20H20N4O2. The largest absolute Gasteiger partial charge is 0.490 e. The molecule has 0 spiro atoms. The van der Waals surface area contributed by atoms with Crippen LogP contribution in [0.4, 0.5) is 5.69 Å². The van der Waals surface area contributed by atoms with E-state index in [0.717, 1.165) is 47.7 Å². The summed E-state index contributed by atoms with van der Waals surface area (Å²) < 4.78 is 7.65. The summed E-state index contributed by atoms with van der Waals surface area (Å²) in [4.78, 5) is 18.8.